The molecule has 0 bridgehead atoms. The van der Waals surface area contributed by atoms with Gasteiger partial charge in [-0.15, -0.1) is 4.91 Å². The second kappa shape index (κ2) is 9.92. The summed E-state index contributed by atoms with van der Waals surface area (Å²) in [7, 11) is 0. The second-order valence-electron chi connectivity index (χ2n) is 7.41. The number of hydrogen-bond donors (Lipinski definition) is 3. The number of phenolic OH excluding ortho intramolecular Hbond substituents is 2. The number of nitroso groups, excluding NO2 is 1. The number of rotatable bonds is 6. The topological polar surface area (TPSA) is 164 Å². The van der Waals surface area contributed by atoms with Gasteiger partial charge in [-0.3, -0.25) is 4.79 Å². The van der Waals surface area contributed by atoms with Crippen molar-refractivity contribution in [1.82, 2.24) is 10.5 Å². The van der Waals surface area contributed by atoms with Crippen molar-refractivity contribution in [3.63, 3.8) is 0 Å². The highest BCUT2D eigenvalue weighted by molar-refractivity contribution is 5.93. The van der Waals surface area contributed by atoms with Crippen LogP contribution < -0.4 is 10.1 Å². The number of carbonyl (C=O) groups excluding carboxylic acids is 1. The van der Waals surface area contributed by atoms with E-state index in [0.29, 0.717) is 5.75 Å². The Hall–Kier alpha value is -3.92. The molecule has 1 amide bonds. The van der Waals surface area contributed by atoms with Gasteiger partial charge in [0.15, 0.2) is 11.5 Å². The lowest BCUT2D eigenvalue weighted by atomic mass is 9.95. The van der Waals surface area contributed by atoms with Crippen LogP contribution in [0.1, 0.15) is 42.6 Å². The number of aromatic hydroxyl groups is 2. The number of carbonyl (C=O) groups is 1. The quantitative estimate of drug-likeness (QED) is 0.459. The molecule has 0 unspecified atom stereocenters. The van der Waals surface area contributed by atoms with Gasteiger partial charge in [0.2, 0.25) is 0 Å². The highest BCUT2D eigenvalue weighted by Crippen LogP contribution is 2.43. The van der Waals surface area contributed by atoms with E-state index in [1.54, 1.807) is 0 Å². The second-order valence-corrected chi connectivity index (χ2v) is 7.41. The molecule has 0 aliphatic heterocycles. The fourth-order valence-electron chi connectivity index (χ4n) is 3.62. The van der Waals surface area contributed by atoms with Gasteiger partial charge in [-0.05, 0) is 42.3 Å². The maximum absolute atomic E-state index is 12.5. The molecule has 0 radical (unpaired) electrons. The van der Waals surface area contributed by atoms with Gasteiger partial charge in [-0.2, -0.15) is 0 Å². The molecule has 10 heteroatoms. The van der Waals surface area contributed by atoms with E-state index in [0.717, 1.165) is 31.7 Å². The average molecular weight is 440 g/mol. The van der Waals surface area contributed by atoms with Crippen molar-refractivity contribution in [1.29, 1.82) is 0 Å². The van der Waals surface area contributed by atoms with Gasteiger partial charge in [0, 0.05) is 24.2 Å². The fourth-order valence-corrected chi connectivity index (χ4v) is 3.62. The summed E-state index contributed by atoms with van der Waals surface area (Å²) in [6, 6.07) is 9.93. The van der Waals surface area contributed by atoms with Gasteiger partial charge in [0.05, 0.1) is 0 Å². The Morgan fingerprint density at radius 2 is 1.81 bits per heavy atom. The predicted molar refractivity (Wildman–Crippen MR) is 114 cm³/mol. The van der Waals surface area contributed by atoms with Crippen LogP contribution in [0, 0.1) is 4.91 Å². The van der Waals surface area contributed by atoms with Crippen LogP contribution in [0.25, 0.3) is 11.3 Å². The van der Waals surface area contributed by atoms with Crippen molar-refractivity contribution in [2.24, 2.45) is 5.18 Å². The lowest BCUT2D eigenvalue weighted by Gasteiger charge is -2.22. The third-order valence-corrected chi connectivity index (χ3v) is 5.17. The van der Waals surface area contributed by atoms with Crippen molar-refractivity contribution < 1.29 is 29.7 Å². The number of ether oxygens (including phenoxy) is 1. The van der Waals surface area contributed by atoms with E-state index in [2.05, 4.69) is 15.7 Å². The average Bonchev–Trinajstić information content (AvgIpc) is 3.24. The number of amides is 1. The smallest absolute Gasteiger partial charge is 0.273 e. The van der Waals surface area contributed by atoms with Gasteiger partial charge in [0.1, 0.15) is 34.2 Å². The number of phenols is 2. The van der Waals surface area contributed by atoms with Crippen molar-refractivity contribution in [2.75, 3.05) is 0 Å². The van der Waals surface area contributed by atoms with Crippen LogP contribution >= 0.6 is 0 Å². The normalized spacial score (nSPS) is 13.8. The van der Waals surface area contributed by atoms with E-state index in [1.807, 2.05) is 0 Å². The van der Waals surface area contributed by atoms with Crippen LogP contribution in [0.5, 0.6) is 23.0 Å². The summed E-state index contributed by atoms with van der Waals surface area (Å²) < 4.78 is 11.1. The van der Waals surface area contributed by atoms with E-state index in [4.69, 9.17) is 9.26 Å². The summed E-state index contributed by atoms with van der Waals surface area (Å²) in [5, 5.41) is 29.9. The monoisotopic (exact) mass is 440 g/mol. The summed E-state index contributed by atoms with van der Waals surface area (Å²) >= 11 is 0. The molecule has 1 aliphatic carbocycles. The molecule has 32 heavy (non-hydrogen) atoms. The van der Waals surface area contributed by atoms with Crippen LogP contribution in [0.2, 0.25) is 0 Å². The molecule has 0 saturated heterocycles. The summed E-state index contributed by atoms with van der Waals surface area (Å²) in [4.78, 5) is 23.1. The first-order valence-electron chi connectivity index (χ1n) is 9.98. The number of benzene rings is 2. The van der Waals surface area contributed by atoms with Crippen LogP contribution in [0.4, 0.5) is 5.69 Å². The van der Waals surface area contributed by atoms with E-state index in [9.17, 15) is 19.9 Å². The van der Waals surface area contributed by atoms with Crippen molar-refractivity contribution in [3.8, 4) is 34.3 Å². The number of hydrogen-bond acceptors (Lipinski definition) is 9. The first-order chi connectivity index (χ1) is 15.0. The summed E-state index contributed by atoms with van der Waals surface area (Å²) in [5.74, 6) is -0.353. The lowest BCUT2D eigenvalue weighted by molar-refractivity contribution is 0.0918. The number of aromatic nitrogens is 1. The maximum Gasteiger partial charge on any atom is 0.273 e. The van der Waals surface area contributed by atoms with Gasteiger partial charge in [0.25, 0.3) is 5.91 Å². The zero-order valence-corrected chi connectivity index (χ0v) is 17.0. The van der Waals surface area contributed by atoms with E-state index in [1.165, 1.54) is 42.8 Å². The van der Waals surface area contributed by atoms with Gasteiger partial charge < -0.3 is 30.3 Å². The largest absolute Gasteiger partial charge is 0.870 e. The Balaban J connectivity index is 0.00000289. The van der Waals surface area contributed by atoms with E-state index >= 15 is 0 Å². The Morgan fingerprint density at radius 1 is 1.09 bits per heavy atom. The van der Waals surface area contributed by atoms with Crippen molar-refractivity contribution in [3.05, 3.63) is 53.1 Å². The third kappa shape index (κ3) is 5.03. The van der Waals surface area contributed by atoms with Crippen LogP contribution in [-0.2, 0) is 0 Å². The molecule has 4 rings (SSSR count). The Labute approximate surface area is 183 Å². The van der Waals surface area contributed by atoms with Crippen LogP contribution in [-0.4, -0.2) is 32.8 Å². The number of nitrogens with zero attached hydrogens (tertiary/aromatic N) is 2. The summed E-state index contributed by atoms with van der Waals surface area (Å²) in [6.45, 7) is 0. The molecular weight excluding hydrogens is 418 g/mol. The molecular formula is C22H22N3O7-. The lowest BCUT2D eigenvalue weighted by Crippen LogP contribution is -2.36. The van der Waals surface area contributed by atoms with Crippen LogP contribution in [0.15, 0.2) is 52.2 Å². The zero-order valence-electron chi connectivity index (χ0n) is 17.0. The standard InChI is InChI=1S/C22H21N3O6.H2O/c26-15-10-18(27)21(19(11-15)30-16-8-6-14(24-29)7-9-16)20-12-17(25-31-20)22(28)23-13-4-2-1-3-5-13;/h6-13,26-27H,1-5H2,(H,23,28);1H2/p-1. The van der Waals surface area contributed by atoms with E-state index in [-0.39, 0.29) is 57.4 Å². The molecule has 2 aromatic carbocycles. The maximum atomic E-state index is 12.5. The molecule has 4 N–H and O–H groups in total. The van der Waals surface area contributed by atoms with Crippen molar-refractivity contribution in [2.45, 2.75) is 38.1 Å². The predicted octanol–water partition coefficient (Wildman–Crippen LogP) is 4.83. The fraction of sp³-hybridized carbons (Fsp3) is 0.273. The first kappa shape index (κ1) is 22.8. The molecule has 1 saturated carbocycles. The minimum absolute atomic E-state index is 0. The Morgan fingerprint density at radius 3 is 2.50 bits per heavy atom. The molecule has 10 nitrogen and oxygen atoms in total. The number of nitrogens with one attached hydrogen (secondary N) is 1. The minimum atomic E-state index is -0.348. The zero-order chi connectivity index (χ0) is 21.8. The molecule has 1 fully saturated rings. The van der Waals surface area contributed by atoms with E-state index < -0.39 is 0 Å². The minimum Gasteiger partial charge on any atom is -0.870 e. The highest BCUT2D eigenvalue weighted by Gasteiger charge is 2.23. The van der Waals surface area contributed by atoms with Gasteiger partial charge >= 0.3 is 0 Å². The van der Waals surface area contributed by atoms with Crippen molar-refractivity contribution >= 4 is 11.6 Å². The van der Waals surface area contributed by atoms with Gasteiger partial charge in [-0.1, -0.05) is 24.4 Å². The molecule has 1 aromatic heterocycles. The molecule has 168 valence electrons. The SMILES string of the molecule is O=Nc1ccc(Oc2cc(O)cc(O)c2-c2cc(C(=O)NC3CCCCC3)no2)cc1.[OH-]. The third-order valence-electron chi connectivity index (χ3n) is 5.17. The molecule has 0 atom stereocenters. The summed E-state index contributed by atoms with van der Waals surface area (Å²) in [5.41, 5.74) is 0.440. The van der Waals surface area contributed by atoms with Gasteiger partial charge in [-0.25, -0.2) is 0 Å². The van der Waals surface area contributed by atoms with Crippen LogP contribution in [0.3, 0.4) is 0 Å². The summed E-state index contributed by atoms with van der Waals surface area (Å²) in [6.07, 6.45) is 5.22. The highest BCUT2D eigenvalue weighted by atomic mass is 16.5. The first-order valence-corrected chi connectivity index (χ1v) is 9.98. The Bertz CT molecular complexity index is 1090. The Kier molecular flexibility index (Phi) is 7.06. The molecule has 1 heterocycles. The molecule has 0 spiro atoms. The molecule has 3 aromatic rings. The molecule has 1 aliphatic rings.